The molecule has 0 N–H and O–H groups in total. The van der Waals surface area contributed by atoms with Crippen molar-refractivity contribution in [1.29, 1.82) is 0 Å². The molecule has 0 saturated carbocycles. The minimum atomic E-state index is -0.0960. The van der Waals surface area contributed by atoms with Crippen molar-refractivity contribution in [2.75, 3.05) is 6.61 Å². The highest BCUT2D eigenvalue weighted by atomic mass is 35.5. The molecule has 2 heteroatoms. The minimum Gasteiger partial charge on any atom is -0.362 e. The summed E-state index contributed by atoms with van der Waals surface area (Å²) in [4.78, 5) is 0. The molecule has 0 spiro atoms. The molecule has 0 aromatic carbocycles. The monoisotopic (exact) mass is 374 g/mol. The first kappa shape index (κ1) is 25.2. The highest BCUT2D eigenvalue weighted by Gasteiger charge is 2.11. The molecule has 0 aromatic heterocycles. The molecule has 152 valence electrons. The summed E-state index contributed by atoms with van der Waals surface area (Å²) in [7, 11) is 0. The fourth-order valence-electron chi connectivity index (χ4n) is 3.20. The van der Waals surface area contributed by atoms with Gasteiger partial charge in [-0.2, -0.15) is 0 Å². The van der Waals surface area contributed by atoms with Crippen LogP contribution < -0.4 is 0 Å². The van der Waals surface area contributed by atoms with Gasteiger partial charge in [0, 0.05) is 6.61 Å². The van der Waals surface area contributed by atoms with E-state index < -0.39 is 0 Å². The molecule has 1 nitrogen and oxygen atoms in total. The van der Waals surface area contributed by atoms with Gasteiger partial charge >= 0.3 is 0 Å². The molecule has 0 aliphatic carbocycles. The van der Waals surface area contributed by atoms with E-state index in [4.69, 9.17) is 16.3 Å². The van der Waals surface area contributed by atoms with E-state index in [9.17, 15) is 0 Å². The Kier molecular flexibility index (Phi) is 20.8. The van der Waals surface area contributed by atoms with E-state index in [-0.39, 0.29) is 5.56 Å². The van der Waals surface area contributed by atoms with E-state index in [2.05, 4.69) is 20.8 Å². The van der Waals surface area contributed by atoms with E-state index in [1.54, 1.807) is 0 Å². The van der Waals surface area contributed by atoms with Gasteiger partial charge in [-0.05, 0) is 18.8 Å². The lowest BCUT2D eigenvalue weighted by Crippen LogP contribution is -2.15. The largest absolute Gasteiger partial charge is 0.362 e. The van der Waals surface area contributed by atoms with Gasteiger partial charge in [0.05, 0.1) is 0 Å². The van der Waals surface area contributed by atoms with Crippen molar-refractivity contribution in [2.24, 2.45) is 5.92 Å². The molecule has 0 rings (SSSR count). The number of ether oxygens (including phenoxy) is 1. The summed E-state index contributed by atoms with van der Waals surface area (Å²) in [5.41, 5.74) is -0.0960. The smallest absolute Gasteiger partial charge is 0.133 e. The van der Waals surface area contributed by atoms with Crippen molar-refractivity contribution in [3.05, 3.63) is 0 Å². The first-order valence-electron chi connectivity index (χ1n) is 11.5. The second-order valence-corrected chi connectivity index (χ2v) is 8.34. The molecule has 0 amide bonds. The zero-order valence-electron chi connectivity index (χ0n) is 17.7. The van der Waals surface area contributed by atoms with Crippen molar-refractivity contribution in [2.45, 2.75) is 135 Å². The molecule has 0 aliphatic heterocycles. The molecular weight excluding hydrogens is 328 g/mol. The molecule has 0 aliphatic rings. The number of rotatable bonds is 20. The van der Waals surface area contributed by atoms with Gasteiger partial charge in [-0.25, -0.2) is 0 Å². The van der Waals surface area contributed by atoms with Crippen molar-refractivity contribution < 1.29 is 4.74 Å². The summed E-state index contributed by atoms with van der Waals surface area (Å²) in [5.74, 6) is 0.461. The third-order valence-corrected chi connectivity index (χ3v) is 5.92. The van der Waals surface area contributed by atoms with Crippen LogP contribution in [0.4, 0.5) is 0 Å². The van der Waals surface area contributed by atoms with Gasteiger partial charge < -0.3 is 4.74 Å². The number of halogens is 1. The van der Waals surface area contributed by atoms with Crippen molar-refractivity contribution in [3.8, 4) is 0 Å². The van der Waals surface area contributed by atoms with Crippen LogP contribution in [0.25, 0.3) is 0 Å². The van der Waals surface area contributed by atoms with Crippen LogP contribution in [0.15, 0.2) is 0 Å². The Labute approximate surface area is 164 Å². The lowest BCUT2D eigenvalue weighted by Gasteiger charge is -2.16. The van der Waals surface area contributed by atoms with Gasteiger partial charge in [-0.1, -0.05) is 129 Å². The molecule has 0 fully saturated rings. The van der Waals surface area contributed by atoms with Crippen molar-refractivity contribution >= 4 is 11.6 Å². The molecule has 2 atom stereocenters. The van der Waals surface area contributed by atoms with E-state index in [1.165, 1.54) is 96.3 Å². The summed E-state index contributed by atoms with van der Waals surface area (Å²) in [5, 5.41) is 0. The summed E-state index contributed by atoms with van der Waals surface area (Å²) in [6, 6.07) is 0. The third kappa shape index (κ3) is 18.8. The molecule has 0 bridgehead atoms. The second-order valence-electron chi connectivity index (χ2n) is 7.91. The number of hydrogen-bond acceptors (Lipinski definition) is 1. The number of unbranched alkanes of at least 4 members (excludes halogenated alkanes) is 15. The Hall–Kier alpha value is 0.250. The fourth-order valence-corrected chi connectivity index (χ4v) is 3.46. The van der Waals surface area contributed by atoms with Crippen LogP contribution in [-0.2, 0) is 4.74 Å². The minimum absolute atomic E-state index is 0.0960. The second kappa shape index (κ2) is 20.6. The Balaban J connectivity index is 3.07. The van der Waals surface area contributed by atoms with E-state index in [0.717, 1.165) is 19.4 Å². The maximum atomic E-state index is 6.18. The van der Waals surface area contributed by atoms with Gasteiger partial charge in [-0.3, -0.25) is 0 Å². The summed E-state index contributed by atoms with van der Waals surface area (Å²) in [6.07, 6.45) is 23.6. The fraction of sp³-hybridized carbons (Fsp3) is 1.00. The molecule has 25 heavy (non-hydrogen) atoms. The SMILES string of the molecule is CCCCCCCCCCCCCCCCCCOC(Cl)C(C)CC. The predicted octanol–water partition coefficient (Wildman–Crippen LogP) is 8.88. The van der Waals surface area contributed by atoms with Gasteiger partial charge in [-0.15, -0.1) is 0 Å². The van der Waals surface area contributed by atoms with E-state index in [1.807, 2.05) is 0 Å². The van der Waals surface area contributed by atoms with Gasteiger partial charge in [0.25, 0.3) is 0 Å². The van der Waals surface area contributed by atoms with E-state index in [0.29, 0.717) is 5.92 Å². The molecular formula is C23H47ClO. The van der Waals surface area contributed by atoms with Crippen molar-refractivity contribution in [1.82, 2.24) is 0 Å². The molecule has 0 radical (unpaired) electrons. The van der Waals surface area contributed by atoms with E-state index >= 15 is 0 Å². The Morgan fingerprint density at radius 2 is 0.960 bits per heavy atom. The lowest BCUT2D eigenvalue weighted by atomic mass is 10.0. The molecule has 2 unspecified atom stereocenters. The Morgan fingerprint density at radius 3 is 1.32 bits per heavy atom. The first-order chi connectivity index (χ1) is 12.2. The van der Waals surface area contributed by atoms with Gasteiger partial charge in [0.1, 0.15) is 5.56 Å². The highest BCUT2D eigenvalue weighted by molar-refractivity contribution is 6.19. The van der Waals surface area contributed by atoms with Gasteiger partial charge in [0.15, 0.2) is 0 Å². The van der Waals surface area contributed by atoms with Crippen molar-refractivity contribution in [3.63, 3.8) is 0 Å². The van der Waals surface area contributed by atoms with Crippen LogP contribution in [0, 0.1) is 5.92 Å². The van der Waals surface area contributed by atoms with Crippen LogP contribution in [0.5, 0.6) is 0 Å². The third-order valence-electron chi connectivity index (χ3n) is 5.37. The lowest BCUT2D eigenvalue weighted by molar-refractivity contribution is 0.0691. The highest BCUT2D eigenvalue weighted by Crippen LogP contribution is 2.16. The Bertz CT molecular complexity index is 244. The van der Waals surface area contributed by atoms with Crippen LogP contribution in [-0.4, -0.2) is 12.2 Å². The van der Waals surface area contributed by atoms with Crippen LogP contribution in [0.2, 0.25) is 0 Å². The summed E-state index contributed by atoms with van der Waals surface area (Å²) < 4.78 is 5.68. The molecule has 0 saturated heterocycles. The standard InChI is InChI=1S/C23H47ClO/c1-4-6-7-8-9-10-11-12-13-14-15-16-17-18-19-20-21-25-23(24)22(3)5-2/h22-23H,4-21H2,1-3H3. The number of hydrogen-bond donors (Lipinski definition) is 0. The maximum Gasteiger partial charge on any atom is 0.133 e. The zero-order valence-corrected chi connectivity index (χ0v) is 18.4. The zero-order chi connectivity index (χ0) is 18.6. The van der Waals surface area contributed by atoms with Crippen LogP contribution in [0.1, 0.15) is 130 Å². The quantitative estimate of drug-likeness (QED) is 0.153. The normalized spacial score (nSPS) is 13.9. The predicted molar refractivity (Wildman–Crippen MR) is 115 cm³/mol. The topological polar surface area (TPSA) is 9.23 Å². The van der Waals surface area contributed by atoms with Crippen LogP contribution in [0.3, 0.4) is 0 Å². The molecule has 0 heterocycles. The van der Waals surface area contributed by atoms with Gasteiger partial charge in [0.2, 0.25) is 0 Å². The molecule has 0 aromatic rings. The summed E-state index contributed by atoms with van der Waals surface area (Å²) in [6.45, 7) is 7.44. The van der Waals surface area contributed by atoms with Crippen LogP contribution >= 0.6 is 11.6 Å². The maximum absolute atomic E-state index is 6.18. The Morgan fingerprint density at radius 1 is 0.600 bits per heavy atom. The average molecular weight is 375 g/mol. The number of alkyl halides is 1. The summed E-state index contributed by atoms with van der Waals surface area (Å²) >= 11 is 6.18. The first-order valence-corrected chi connectivity index (χ1v) is 11.9. The average Bonchev–Trinajstić information content (AvgIpc) is 2.63.